The summed E-state index contributed by atoms with van der Waals surface area (Å²) in [6, 6.07) is -2.04. The van der Waals surface area contributed by atoms with E-state index in [1.54, 1.807) is 4.90 Å². The summed E-state index contributed by atoms with van der Waals surface area (Å²) in [6.07, 6.45) is 0.0610. The Bertz CT molecular complexity index is 546. The molecule has 3 rings (SSSR count). The minimum Gasteiger partial charge on any atom is -0.370 e. The molecule has 11 nitrogen and oxygen atoms in total. The van der Waals surface area contributed by atoms with Gasteiger partial charge in [-0.25, -0.2) is 14.8 Å². The van der Waals surface area contributed by atoms with Crippen molar-refractivity contribution >= 4 is 18.0 Å². The highest BCUT2D eigenvalue weighted by Gasteiger charge is 2.69. The van der Waals surface area contributed by atoms with Crippen LogP contribution in [0, 0.1) is 0 Å². The van der Waals surface area contributed by atoms with Crippen LogP contribution in [0.25, 0.3) is 0 Å². The van der Waals surface area contributed by atoms with Crippen molar-refractivity contribution in [1.29, 1.82) is 0 Å². The minimum atomic E-state index is -2.09. The summed E-state index contributed by atoms with van der Waals surface area (Å²) < 4.78 is 0. The molecule has 3 atom stereocenters. The molecular formula is C10H18N8O3. The van der Waals surface area contributed by atoms with Gasteiger partial charge >= 0.3 is 6.03 Å². The van der Waals surface area contributed by atoms with Crippen molar-refractivity contribution in [2.75, 3.05) is 13.1 Å². The summed E-state index contributed by atoms with van der Waals surface area (Å²) >= 11 is 0. The standard InChI is InChI=1S/C10H18N8O3/c11-6-16-5-4(3-14-8(13)19)15-7(12)18-2-1-9(20,21)10(5,18)17-6/h4-5,20-21H,1-3H2,(H2,12,15)(H3,11,16,17)(H3,13,14,19)/t4-,5-,10-/m0/s1. The zero-order chi connectivity index (χ0) is 15.4. The first-order valence-electron chi connectivity index (χ1n) is 6.48. The van der Waals surface area contributed by atoms with Crippen LogP contribution < -0.4 is 27.8 Å². The Hall–Kier alpha value is -2.27. The molecular weight excluding hydrogens is 280 g/mol. The highest BCUT2D eigenvalue weighted by Crippen LogP contribution is 2.44. The van der Waals surface area contributed by atoms with Gasteiger partial charge < -0.3 is 42.9 Å². The fourth-order valence-corrected chi connectivity index (χ4v) is 3.29. The average molecular weight is 298 g/mol. The number of primary amides is 1. The lowest BCUT2D eigenvalue weighted by atomic mass is 9.86. The third-order valence-corrected chi connectivity index (χ3v) is 4.17. The molecule has 1 spiro atoms. The van der Waals surface area contributed by atoms with Gasteiger partial charge in [0.05, 0.1) is 6.04 Å². The second kappa shape index (κ2) is 4.11. The Labute approximate surface area is 119 Å². The fourth-order valence-electron chi connectivity index (χ4n) is 3.29. The number of rotatable bonds is 2. The van der Waals surface area contributed by atoms with E-state index in [4.69, 9.17) is 17.2 Å². The third kappa shape index (κ3) is 1.70. The summed E-state index contributed by atoms with van der Waals surface area (Å²) in [7, 11) is 0. The van der Waals surface area contributed by atoms with Gasteiger partial charge in [-0.15, -0.1) is 0 Å². The monoisotopic (exact) mass is 298 g/mol. The molecule has 1 saturated heterocycles. The Morgan fingerprint density at radius 3 is 2.86 bits per heavy atom. The molecule has 0 saturated carbocycles. The lowest BCUT2D eigenvalue weighted by Crippen LogP contribution is -2.76. The molecule has 1 fully saturated rings. The summed E-state index contributed by atoms with van der Waals surface area (Å²) in [4.78, 5) is 20.9. The molecule has 3 aliphatic rings. The molecule has 3 heterocycles. The molecule has 0 bridgehead atoms. The molecule has 11 heteroatoms. The summed E-state index contributed by atoms with van der Waals surface area (Å²) in [5.41, 5.74) is 15.3. The van der Waals surface area contributed by atoms with E-state index in [1.807, 2.05) is 0 Å². The molecule has 3 aliphatic heterocycles. The predicted octanol–water partition coefficient (Wildman–Crippen LogP) is -4.28. The maximum absolute atomic E-state index is 10.9. The van der Waals surface area contributed by atoms with E-state index in [-0.39, 0.29) is 24.9 Å². The first-order chi connectivity index (χ1) is 9.78. The van der Waals surface area contributed by atoms with Gasteiger partial charge in [-0.1, -0.05) is 0 Å². The van der Waals surface area contributed by atoms with Crippen molar-refractivity contribution in [2.45, 2.75) is 30.0 Å². The van der Waals surface area contributed by atoms with Crippen LogP contribution in [0.1, 0.15) is 6.42 Å². The van der Waals surface area contributed by atoms with Gasteiger partial charge in [-0.2, -0.15) is 0 Å². The molecule has 0 aromatic heterocycles. The molecule has 0 aliphatic carbocycles. The molecule has 0 aromatic rings. The number of hydrogen-bond donors (Lipinski definition) is 7. The van der Waals surface area contributed by atoms with E-state index in [0.717, 1.165) is 0 Å². The van der Waals surface area contributed by atoms with Crippen molar-refractivity contribution in [3.05, 3.63) is 0 Å². The molecule has 2 amide bonds. The second-order valence-electron chi connectivity index (χ2n) is 5.37. The normalized spacial score (nSPS) is 36.2. The largest absolute Gasteiger partial charge is 0.370 e. The van der Waals surface area contributed by atoms with E-state index in [1.165, 1.54) is 0 Å². The Morgan fingerprint density at radius 2 is 2.19 bits per heavy atom. The van der Waals surface area contributed by atoms with Crippen LogP contribution in [0.5, 0.6) is 0 Å². The van der Waals surface area contributed by atoms with Gasteiger partial charge in [-0.3, -0.25) is 0 Å². The highest BCUT2D eigenvalue weighted by molar-refractivity contribution is 5.87. The molecule has 116 valence electrons. The number of carbonyl (C=O) groups excluding carboxylic acids is 1. The van der Waals surface area contributed by atoms with E-state index in [2.05, 4.69) is 20.6 Å². The molecule has 0 unspecified atom stereocenters. The number of nitrogens with two attached hydrogens (primary N) is 3. The SMILES string of the molecule is NC(=O)NC[C@@H]1N=C(N)N2CCC(O)(O)[C@@]23NC(N)=N[C@@H]13. The van der Waals surface area contributed by atoms with Crippen molar-refractivity contribution in [3.63, 3.8) is 0 Å². The number of carbonyl (C=O) groups is 1. The van der Waals surface area contributed by atoms with Crippen LogP contribution >= 0.6 is 0 Å². The fraction of sp³-hybridized carbons (Fsp3) is 0.700. The lowest BCUT2D eigenvalue weighted by Gasteiger charge is -2.48. The van der Waals surface area contributed by atoms with Crippen molar-refractivity contribution < 1.29 is 15.0 Å². The Kier molecular flexibility index (Phi) is 2.68. The van der Waals surface area contributed by atoms with E-state index in [9.17, 15) is 15.0 Å². The maximum atomic E-state index is 10.9. The second-order valence-corrected chi connectivity index (χ2v) is 5.37. The average Bonchev–Trinajstić information content (AvgIpc) is 2.85. The molecule has 10 N–H and O–H groups in total. The topological polar surface area (TPSA) is 188 Å². The Morgan fingerprint density at radius 1 is 1.48 bits per heavy atom. The number of aliphatic imine (C=N–C) groups is 2. The van der Waals surface area contributed by atoms with E-state index in [0.29, 0.717) is 6.54 Å². The van der Waals surface area contributed by atoms with Crippen LogP contribution in [-0.4, -0.2) is 69.7 Å². The molecule has 0 radical (unpaired) electrons. The van der Waals surface area contributed by atoms with Crippen molar-refractivity contribution in [1.82, 2.24) is 15.5 Å². The zero-order valence-corrected chi connectivity index (χ0v) is 11.2. The Balaban J connectivity index is 2.01. The smallest absolute Gasteiger partial charge is 0.312 e. The van der Waals surface area contributed by atoms with Gasteiger partial charge in [0, 0.05) is 19.5 Å². The summed E-state index contributed by atoms with van der Waals surface area (Å²) in [5.74, 6) is -1.90. The number of aliphatic hydroxyl groups is 2. The third-order valence-electron chi connectivity index (χ3n) is 4.17. The first-order valence-corrected chi connectivity index (χ1v) is 6.48. The van der Waals surface area contributed by atoms with E-state index < -0.39 is 29.6 Å². The van der Waals surface area contributed by atoms with Crippen LogP contribution in [0.3, 0.4) is 0 Å². The number of guanidine groups is 2. The number of hydrogen-bond acceptors (Lipinski definition) is 9. The van der Waals surface area contributed by atoms with Crippen LogP contribution in [0.2, 0.25) is 0 Å². The van der Waals surface area contributed by atoms with Crippen LogP contribution in [0.4, 0.5) is 4.79 Å². The maximum Gasteiger partial charge on any atom is 0.312 e. The summed E-state index contributed by atoms with van der Waals surface area (Å²) in [5, 5.41) is 26.0. The van der Waals surface area contributed by atoms with Gasteiger partial charge in [0.2, 0.25) is 5.79 Å². The summed E-state index contributed by atoms with van der Waals surface area (Å²) in [6.45, 7) is 0.357. The van der Waals surface area contributed by atoms with Crippen LogP contribution in [-0.2, 0) is 0 Å². The van der Waals surface area contributed by atoms with Crippen molar-refractivity contribution in [3.8, 4) is 0 Å². The van der Waals surface area contributed by atoms with Gasteiger partial charge in [-0.05, 0) is 0 Å². The number of amides is 2. The number of nitrogens with zero attached hydrogens (tertiary/aromatic N) is 3. The highest BCUT2D eigenvalue weighted by atomic mass is 16.5. The van der Waals surface area contributed by atoms with Crippen molar-refractivity contribution in [2.24, 2.45) is 27.2 Å². The van der Waals surface area contributed by atoms with E-state index >= 15 is 0 Å². The lowest BCUT2D eigenvalue weighted by molar-refractivity contribution is -0.220. The first kappa shape index (κ1) is 13.7. The van der Waals surface area contributed by atoms with Crippen LogP contribution in [0.15, 0.2) is 9.98 Å². The molecule has 21 heavy (non-hydrogen) atoms. The number of urea groups is 1. The minimum absolute atomic E-state index is 0.0603. The van der Waals surface area contributed by atoms with Gasteiger partial charge in [0.1, 0.15) is 6.04 Å². The van der Waals surface area contributed by atoms with Gasteiger partial charge in [0.25, 0.3) is 0 Å². The van der Waals surface area contributed by atoms with Gasteiger partial charge in [0.15, 0.2) is 17.6 Å². The molecule has 0 aromatic carbocycles. The predicted molar refractivity (Wildman–Crippen MR) is 72.8 cm³/mol. The quantitative estimate of drug-likeness (QED) is 0.251. The zero-order valence-electron chi connectivity index (χ0n) is 11.2. The number of nitrogens with one attached hydrogen (secondary N) is 2.